The maximum absolute atomic E-state index is 11.9. The Morgan fingerprint density at radius 2 is 2.06 bits per heavy atom. The van der Waals surface area contributed by atoms with Crippen LogP contribution in [0.3, 0.4) is 0 Å². The molecule has 1 aromatic carbocycles. The van der Waals surface area contributed by atoms with E-state index in [0.29, 0.717) is 5.69 Å². The molecular formula is C13H15N3O. The van der Waals surface area contributed by atoms with Gasteiger partial charge in [-0.3, -0.25) is 9.48 Å². The normalized spacial score (nSPS) is 10.3. The van der Waals surface area contributed by atoms with E-state index in [4.69, 9.17) is 0 Å². The van der Waals surface area contributed by atoms with Gasteiger partial charge in [0.05, 0.1) is 0 Å². The van der Waals surface area contributed by atoms with Crippen molar-refractivity contribution in [2.45, 2.75) is 13.8 Å². The third-order valence-electron chi connectivity index (χ3n) is 2.59. The van der Waals surface area contributed by atoms with E-state index in [9.17, 15) is 4.79 Å². The third-order valence-corrected chi connectivity index (χ3v) is 2.59. The lowest BCUT2D eigenvalue weighted by Gasteiger charge is -2.07. The Balaban J connectivity index is 2.21. The topological polar surface area (TPSA) is 46.9 Å². The largest absolute Gasteiger partial charge is 0.320 e. The number of nitrogens with zero attached hydrogens (tertiary/aromatic N) is 2. The van der Waals surface area contributed by atoms with Crippen molar-refractivity contribution in [3.63, 3.8) is 0 Å². The van der Waals surface area contributed by atoms with Gasteiger partial charge in [0.25, 0.3) is 5.91 Å². The predicted octanol–water partition coefficient (Wildman–Crippen LogP) is 2.29. The molecule has 0 bridgehead atoms. The van der Waals surface area contributed by atoms with Crippen LogP contribution in [0.2, 0.25) is 0 Å². The Labute approximate surface area is 100 Å². The van der Waals surface area contributed by atoms with Crippen LogP contribution in [-0.4, -0.2) is 15.7 Å². The Hall–Kier alpha value is -2.10. The molecule has 0 spiro atoms. The van der Waals surface area contributed by atoms with Gasteiger partial charge in [-0.1, -0.05) is 12.1 Å². The van der Waals surface area contributed by atoms with Crippen LogP contribution < -0.4 is 5.32 Å². The predicted molar refractivity (Wildman–Crippen MR) is 67.1 cm³/mol. The highest BCUT2D eigenvalue weighted by atomic mass is 16.1. The molecular weight excluding hydrogens is 214 g/mol. The summed E-state index contributed by atoms with van der Waals surface area (Å²) in [6.07, 6.45) is 1.75. The molecule has 2 aromatic rings. The molecule has 88 valence electrons. The van der Waals surface area contributed by atoms with Gasteiger partial charge in [-0.05, 0) is 37.1 Å². The van der Waals surface area contributed by atoms with E-state index < -0.39 is 0 Å². The van der Waals surface area contributed by atoms with Crippen molar-refractivity contribution >= 4 is 11.6 Å². The Morgan fingerprint density at radius 3 is 2.71 bits per heavy atom. The molecule has 0 aliphatic carbocycles. The molecule has 4 nitrogen and oxygen atoms in total. The van der Waals surface area contributed by atoms with Crippen LogP contribution in [-0.2, 0) is 7.05 Å². The first kappa shape index (κ1) is 11.4. The number of hydrogen-bond acceptors (Lipinski definition) is 2. The summed E-state index contributed by atoms with van der Waals surface area (Å²) < 4.78 is 1.61. The second-order valence-electron chi connectivity index (χ2n) is 4.15. The molecule has 1 aromatic heterocycles. The van der Waals surface area contributed by atoms with Gasteiger partial charge in [-0.25, -0.2) is 0 Å². The van der Waals surface area contributed by atoms with Crippen LogP contribution in [0.15, 0.2) is 30.5 Å². The highest BCUT2D eigenvalue weighted by molar-refractivity contribution is 6.03. The molecule has 1 heterocycles. The van der Waals surface area contributed by atoms with Crippen LogP contribution in [0.25, 0.3) is 0 Å². The zero-order valence-corrected chi connectivity index (χ0v) is 10.2. The molecule has 0 aliphatic rings. The fourth-order valence-electron chi connectivity index (χ4n) is 1.59. The summed E-state index contributed by atoms with van der Waals surface area (Å²) >= 11 is 0. The van der Waals surface area contributed by atoms with Crippen LogP contribution in [0.1, 0.15) is 21.6 Å². The number of amides is 1. The number of nitrogens with one attached hydrogen (secondary N) is 1. The smallest absolute Gasteiger partial charge is 0.276 e. The third kappa shape index (κ3) is 2.53. The lowest BCUT2D eigenvalue weighted by Crippen LogP contribution is -2.14. The van der Waals surface area contributed by atoms with Crippen molar-refractivity contribution in [1.29, 1.82) is 0 Å². The summed E-state index contributed by atoms with van der Waals surface area (Å²) in [5.74, 6) is -0.181. The number of carbonyl (C=O) groups is 1. The molecule has 1 N–H and O–H groups in total. The molecule has 0 aliphatic heterocycles. The summed E-state index contributed by atoms with van der Waals surface area (Å²) in [5.41, 5.74) is 3.42. The van der Waals surface area contributed by atoms with Crippen molar-refractivity contribution in [2.24, 2.45) is 7.05 Å². The molecule has 0 saturated carbocycles. The van der Waals surface area contributed by atoms with Crippen LogP contribution in [0, 0.1) is 13.8 Å². The number of rotatable bonds is 2. The van der Waals surface area contributed by atoms with E-state index in [1.165, 1.54) is 0 Å². The number of benzene rings is 1. The highest BCUT2D eigenvalue weighted by Crippen LogP contribution is 2.17. The average Bonchev–Trinajstić information content (AvgIpc) is 2.70. The molecule has 0 radical (unpaired) electrons. The van der Waals surface area contributed by atoms with Crippen molar-refractivity contribution in [3.8, 4) is 0 Å². The van der Waals surface area contributed by atoms with E-state index in [2.05, 4.69) is 10.4 Å². The van der Waals surface area contributed by atoms with Gasteiger partial charge >= 0.3 is 0 Å². The molecule has 4 heteroatoms. The van der Waals surface area contributed by atoms with E-state index in [-0.39, 0.29) is 5.91 Å². The summed E-state index contributed by atoms with van der Waals surface area (Å²) in [6.45, 7) is 3.96. The Kier molecular flexibility index (Phi) is 2.95. The molecule has 0 atom stereocenters. The Bertz CT molecular complexity index is 558. The lowest BCUT2D eigenvalue weighted by atomic mass is 10.1. The number of hydrogen-bond donors (Lipinski definition) is 1. The van der Waals surface area contributed by atoms with Gasteiger partial charge < -0.3 is 5.32 Å². The molecule has 17 heavy (non-hydrogen) atoms. The van der Waals surface area contributed by atoms with Crippen LogP contribution in [0.4, 0.5) is 5.69 Å². The van der Waals surface area contributed by atoms with Crippen LogP contribution >= 0.6 is 0 Å². The van der Waals surface area contributed by atoms with Crippen molar-refractivity contribution in [1.82, 2.24) is 9.78 Å². The number of aromatic nitrogens is 2. The monoisotopic (exact) mass is 229 g/mol. The first-order valence-electron chi connectivity index (χ1n) is 5.44. The minimum atomic E-state index is -0.181. The van der Waals surface area contributed by atoms with Gasteiger partial charge in [-0.2, -0.15) is 5.10 Å². The molecule has 0 unspecified atom stereocenters. The van der Waals surface area contributed by atoms with E-state index in [1.54, 1.807) is 24.0 Å². The van der Waals surface area contributed by atoms with Gasteiger partial charge in [0.1, 0.15) is 0 Å². The Morgan fingerprint density at radius 1 is 1.29 bits per heavy atom. The van der Waals surface area contributed by atoms with Crippen LogP contribution in [0.5, 0.6) is 0 Å². The lowest BCUT2D eigenvalue weighted by molar-refractivity contribution is 0.102. The molecule has 2 rings (SSSR count). The quantitative estimate of drug-likeness (QED) is 0.858. The average molecular weight is 229 g/mol. The molecule has 0 fully saturated rings. The number of aryl methyl sites for hydroxylation is 3. The first-order chi connectivity index (χ1) is 8.06. The zero-order chi connectivity index (χ0) is 12.4. The fraction of sp³-hybridized carbons (Fsp3) is 0.231. The van der Waals surface area contributed by atoms with E-state index in [0.717, 1.165) is 16.8 Å². The maximum atomic E-state index is 11.9. The van der Waals surface area contributed by atoms with Gasteiger partial charge in [0, 0.05) is 18.9 Å². The zero-order valence-electron chi connectivity index (χ0n) is 10.2. The van der Waals surface area contributed by atoms with Crippen molar-refractivity contribution in [2.75, 3.05) is 5.32 Å². The first-order valence-corrected chi connectivity index (χ1v) is 5.44. The van der Waals surface area contributed by atoms with Crippen molar-refractivity contribution < 1.29 is 4.79 Å². The fourth-order valence-corrected chi connectivity index (χ4v) is 1.59. The van der Waals surface area contributed by atoms with Gasteiger partial charge in [0.2, 0.25) is 0 Å². The number of carbonyl (C=O) groups excluding carboxylic acids is 1. The summed E-state index contributed by atoms with van der Waals surface area (Å²) in [5, 5.41) is 6.93. The second-order valence-corrected chi connectivity index (χ2v) is 4.15. The molecule has 0 saturated heterocycles. The standard InChI is InChI=1S/C13H15N3O/c1-9-4-5-10(2)12(8-9)14-13(17)11-6-7-16(3)15-11/h4-8H,1-3H3,(H,14,17). The number of anilines is 1. The maximum Gasteiger partial charge on any atom is 0.276 e. The summed E-state index contributed by atoms with van der Waals surface area (Å²) in [7, 11) is 1.79. The summed E-state index contributed by atoms with van der Waals surface area (Å²) in [6, 6.07) is 7.66. The van der Waals surface area contributed by atoms with E-state index >= 15 is 0 Å². The summed E-state index contributed by atoms with van der Waals surface area (Å²) in [4.78, 5) is 11.9. The highest BCUT2D eigenvalue weighted by Gasteiger charge is 2.10. The molecule has 1 amide bonds. The van der Waals surface area contributed by atoms with Crippen molar-refractivity contribution in [3.05, 3.63) is 47.3 Å². The van der Waals surface area contributed by atoms with Gasteiger partial charge in [-0.15, -0.1) is 0 Å². The van der Waals surface area contributed by atoms with E-state index in [1.807, 2.05) is 32.0 Å². The second kappa shape index (κ2) is 4.41. The van der Waals surface area contributed by atoms with Gasteiger partial charge in [0.15, 0.2) is 5.69 Å². The minimum absolute atomic E-state index is 0.181. The minimum Gasteiger partial charge on any atom is -0.320 e. The SMILES string of the molecule is Cc1ccc(C)c(NC(=O)c2ccn(C)n2)c1.